The predicted molar refractivity (Wildman–Crippen MR) is 95.6 cm³/mol. The van der Waals surface area contributed by atoms with Crippen LogP contribution in [-0.4, -0.2) is 11.8 Å². The van der Waals surface area contributed by atoms with Crippen LogP contribution in [0.2, 0.25) is 0 Å². The second-order valence-corrected chi connectivity index (χ2v) is 5.62. The fourth-order valence-electron chi connectivity index (χ4n) is 2.51. The normalized spacial score (nSPS) is 11.5. The van der Waals surface area contributed by atoms with E-state index >= 15 is 0 Å². The van der Waals surface area contributed by atoms with Crippen LogP contribution in [0.5, 0.6) is 0 Å². The number of carbonyl (C=O) groups is 1. The molecule has 0 spiro atoms. The van der Waals surface area contributed by atoms with Crippen molar-refractivity contribution in [3.8, 4) is 0 Å². The molecule has 0 unspecified atom stereocenters. The maximum absolute atomic E-state index is 12.1. The first kappa shape index (κ1) is 15.7. The van der Waals surface area contributed by atoms with Crippen LogP contribution in [0.1, 0.15) is 16.7 Å². The van der Waals surface area contributed by atoms with E-state index in [0.29, 0.717) is 0 Å². The summed E-state index contributed by atoms with van der Waals surface area (Å²) in [5.41, 5.74) is 8.60. The molecule has 0 heterocycles. The van der Waals surface area contributed by atoms with E-state index < -0.39 is 5.97 Å². The van der Waals surface area contributed by atoms with E-state index in [1.165, 1.54) is 0 Å². The van der Waals surface area contributed by atoms with Gasteiger partial charge in [0.1, 0.15) is 0 Å². The standard InChI is InChI=1S/C20H18N2O2/c1-14-9-11-16(12-10-14)20(21)22-24-19(23)13-17-7-4-6-15-5-2-3-8-18(15)17/h2-12H,13H2,1H3,(H2,21,22). The van der Waals surface area contributed by atoms with Gasteiger partial charge in [0.05, 0.1) is 6.42 Å². The number of hydrogen-bond acceptors (Lipinski definition) is 3. The third kappa shape index (κ3) is 3.60. The highest BCUT2D eigenvalue weighted by Gasteiger charge is 2.09. The maximum Gasteiger partial charge on any atom is 0.339 e. The van der Waals surface area contributed by atoms with Crippen molar-refractivity contribution < 1.29 is 9.63 Å². The molecule has 0 atom stereocenters. The highest BCUT2D eigenvalue weighted by atomic mass is 16.7. The Balaban J connectivity index is 1.71. The lowest BCUT2D eigenvalue weighted by molar-refractivity contribution is -0.142. The molecule has 0 aliphatic carbocycles. The van der Waals surface area contributed by atoms with Crippen LogP contribution in [-0.2, 0) is 16.1 Å². The lowest BCUT2D eigenvalue weighted by Gasteiger charge is -2.05. The van der Waals surface area contributed by atoms with Gasteiger partial charge in [-0.15, -0.1) is 0 Å². The minimum atomic E-state index is -0.443. The number of benzene rings is 3. The number of amidine groups is 1. The number of nitrogens with two attached hydrogens (primary N) is 1. The van der Waals surface area contributed by atoms with Crippen molar-refractivity contribution in [2.75, 3.05) is 0 Å². The lowest BCUT2D eigenvalue weighted by atomic mass is 10.0. The molecule has 0 saturated heterocycles. The van der Waals surface area contributed by atoms with E-state index in [0.717, 1.165) is 27.5 Å². The molecular formula is C20H18N2O2. The van der Waals surface area contributed by atoms with Crippen molar-refractivity contribution in [2.45, 2.75) is 13.3 Å². The van der Waals surface area contributed by atoms with Gasteiger partial charge < -0.3 is 10.6 Å². The van der Waals surface area contributed by atoms with Crippen LogP contribution < -0.4 is 5.73 Å². The van der Waals surface area contributed by atoms with Crippen molar-refractivity contribution in [1.29, 1.82) is 0 Å². The van der Waals surface area contributed by atoms with Gasteiger partial charge in [-0.2, -0.15) is 0 Å². The summed E-state index contributed by atoms with van der Waals surface area (Å²) in [5, 5.41) is 5.87. The summed E-state index contributed by atoms with van der Waals surface area (Å²) < 4.78 is 0. The van der Waals surface area contributed by atoms with Crippen LogP contribution in [0, 0.1) is 6.92 Å². The van der Waals surface area contributed by atoms with Gasteiger partial charge in [0, 0.05) is 5.56 Å². The molecule has 4 nitrogen and oxygen atoms in total. The largest absolute Gasteiger partial charge is 0.380 e. The summed E-state index contributed by atoms with van der Waals surface area (Å²) in [6, 6.07) is 21.3. The highest BCUT2D eigenvalue weighted by Crippen LogP contribution is 2.19. The van der Waals surface area contributed by atoms with Gasteiger partial charge in [-0.1, -0.05) is 77.4 Å². The minimum absolute atomic E-state index is 0.145. The number of nitrogens with zero attached hydrogens (tertiary/aromatic N) is 1. The quantitative estimate of drug-likeness (QED) is 0.346. The number of oxime groups is 1. The Morgan fingerprint density at radius 2 is 1.71 bits per heavy atom. The van der Waals surface area contributed by atoms with Gasteiger partial charge in [0.15, 0.2) is 5.84 Å². The van der Waals surface area contributed by atoms with Crippen LogP contribution in [0.3, 0.4) is 0 Å². The van der Waals surface area contributed by atoms with Crippen molar-refractivity contribution in [3.05, 3.63) is 83.4 Å². The van der Waals surface area contributed by atoms with Crippen LogP contribution in [0.15, 0.2) is 71.9 Å². The predicted octanol–water partition coefficient (Wildman–Crippen LogP) is 3.55. The minimum Gasteiger partial charge on any atom is -0.380 e. The van der Waals surface area contributed by atoms with E-state index in [-0.39, 0.29) is 12.3 Å². The van der Waals surface area contributed by atoms with Gasteiger partial charge in [-0.05, 0) is 23.3 Å². The third-order valence-corrected chi connectivity index (χ3v) is 3.81. The Hall–Kier alpha value is -3.14. The third-order valence-electron chi connectivity index (χ3n) is 3.81. The Morgan fingerprint density at radius 1 is 1.00 bits per heavy atom. The van der Waals surface area contributed by atoms with Gasteiger partial charge in [-0.3, -0.25) is 0 Å². The van der Waals surface area contributed by atoms with Gasteiger partial charge in [0.25, 0.3) is 0 Å². The Bertz CT molecular complexity index is 894. The second kappa shape index (κ2) is 6.96. The molecule has 0 saturated carbocycles. The van der Waals surface area contributed by atoms with E-state index in [2.05, 4.69) is 5.16 Å². The van der Waals surface area contributed by atoms with Crippen molar-refractivity contribution in [1.82, 2.24) is 0 Å². The SMILES string of the molecule is Cc1ccc(/C(N)=N/OC(=O)Cc2cccc3ccccc23)cc1. The first-order chi connectivity index (χ1) is 11.6. The molecule has 120 valence electrons. The molecule has 0 aromatic heterocycles. The van der Waals surface area contributed by atoms with Crippen molar-refractivity contribution in [2.24, 2.45) is 10.9 Å². The number of aryl methyl sites for hydroxylation is 1. The van der Waals surface area contributed by atoms with Gasteiger partial charge >= 0.3 is 5.97 Å². The van der Waals surface area contributed by atoms with Crippen molar-refractivity contribution >= 4 is 22.6 Å². The average molecular weight is 318 g/mol. The fourth-order valence-corrected chi connectivity index (χ4v) is 2.51. The monoisotopic (exact) mass is 318 g/mol. The van der Waals surface area contributed by atoms with Gasteiger partial charge in [0.2, 0.25) is 0 Å². The number of rotatable bonds is 4. The van der Waals surface area contributed by atoms with Crippen LogP contribution in [0.4, 0.5) is 0 Å². The Labute approximate surface area is 140 Å². The molecule has 0 aliphatic rings. The summed E-state index contributed by atoms with van der Waals surface area (Å²) in [7, 11) is 0. The molecule has 24 heavy (non-hydrogen) atoms. The highest BCUT2D eigenvalue weighted by molar-refractivity contribution is 5.97. The van der Waals surface area contributed by atoms with Crippen molar-refractivity contribution in [3.63, 3.8) is 0 Å². The topological polar surface area (TPSA) is 64.7 Å². The summed E-state index contributed by atoms with van der Waals surface area (Å²) in [5.74, 6) is -0.261. The van der Waals surface area contributed by atoms with E-state index in [4.69, 9.17) is 10.6 Å². The summed E-state index contributed by atoms with van der Waals surface area (Å²) in [4.78, 5) is 17.0. The zero-order valence-corrected chi connectivity index (χ0v) is 13.4. The molecule has 0 fully saturated rings. The number of fused-ring (bicyclic) bond motifs is 1. The summed E-state index contributed by atoms with van der Waals surface area (Å²) >= 11 is 0. The van der Waals surface area contributed by atoms with E-state index in [9.17, 15) is 4.79 Å². The molecule has 3 rings (SSSR count). The molecule has 2 N–H and O–H groups in total. The van der Waals surface area contributed by atoms with Crippen LogP contribution in [0.25, 0.3) is 10.8 Å². The molecule has 3 aromatic rings. The molecular weight excluding hydrogens is 300 g/mol. The number of hydrogen-bond donors (Lipinski definition) is 1. The smallest absolute Gasteiger partial charge is 0.339 e. The lowest BCUT2D eigenvalue weighted by Crippen LogP contribution is -2.15. The molecule has 4 heteroatoms. The molecule has 0 aliphatic heterocycles. The molecule has 0 radical (unpaired) electrons. The molecule has 3 aromatic carbocycles. The van der Waals surface area contributed by atoms with Gasteiger partial charge in [-0.25, -0.2) is 4.79 Å². The van der Waals surface area contributed by atoms with Crippen LogP contribution >= 0.6 is 0 Å². The maximum atomic E-state index is 12.1. The second-order valence-electron chi connectivity index (χ2n) is 5.62. The summed E-state index contributed by atoms with van der Waals surface area (Å²) in [6.45, 7) is 1.99. The average Bonchev–Trinajstić information content (AvgIpc) is 2.61. The summed E-state index contributed by atoms with van der Waals surface area (Å²) in [6.07, 6.45) is 0.145. The zero-order chi connectivity index (χ0) is 16.9. The molecule has 0 bridgehead atoms. The molecule has 0 amide bonds. The first-order valence-corrected chi connectivity index (χ1v) is 7.70. The van der Waals surface area contributed by atoms with E-state index in [1.54, 1.807) is 0 Å². The zero-order valence-electron chi connectivity index (χ0n) is 13.4. The fraction of sp³-hybridized carbons (Fsp3) is 0.100. The Kier molecular flexibility index (Phi) is 4.57. The Morgan fingerprint density at radius 3 is 2.50 bits per heavy atom. The van der Waals surface area contributed by atoms with E-state index in [1.807, 2.05) is 73.7 Å². The first-order valence-electron chi connectivity index (χ1n) is 7.70. The number of carbonyl (C=O) groups excluding carboxylic acids is 1.